The summed E-state index contributed by atoms with van der Waals surface area (Å²) < 4.78 is 16.4. The molecule has 7 nitrogen and oxygen atoms in total. The molecular weight excluding hydrogens is 396 g/mol. The number of esters is 1. The second kappa shape index (κ2) is 9.12. The van der Waals surface area contributed by atoms with Crippen molar-refractivity contribution in [3.05, 3.63) is 65.2 Å². The van der Waals surface area contributed by atoms with E-state index in [2.05, 4.69) is 10.6 Å². The van der Waals surface area contributed by atoms with Crippen molar-refractivity contribution in [3.8, 4) is 11.5 Å². The summed E-state index contributed by atoms with van der Waals surface area (Å²) in [4.78, 5) is 25.4. The van der Waals surface area contributed by atoms with Gasteiger partial charge in [0.25, 0.3) is 0 Å². The van der Waals surface area contributed by atoms with Gasteiger partial charge >= 0.3 is 12.0 Å². The maximum atomic E-state index is 12.9. The van der Waals surface area contributed by atoms with Crippen LogP contribution < -0.4 is 20.1 Å². The van der Waals surface area contributed by atoms with Gasteiger partial charge in [0, 0.05) is 0 Å². The van der Waals surface area contributed by atoms with Crippen molar-refractivity contribution >= 4 is 17.7 Å². The van der Waals surface area contributed by atoms with Crippen LogP contribution in [0.25, 0.3) is 5.70 Å². The molecule has 1 atom stereocenters. The van der Waals surface area contributed by atoms with Crippen molar-refractivity contribution in [3.63, 3.8) is 0 Å². The molecule has 0 saturated carbocycles. The first-order valence-electron chi connectivity index (χ1n) is 10.1. The van der Waals surface area contributed by atoms with Crippen LogP contribution in [0.4, 0.5) is 4.79 Å². The Morgan fingerprint density at radius 2 is 1.61 bits per heavy atom. The van der Waals surface area contributed by atoms with E-state index in [0.717, 1.165) is 5.56 Å². The molecule has 1 heterocycles. The lowest BCUT2D eigenvalue weighted by Gasteiger charge is -2.30. The van der Waals surface area contributed by atoms with Gasteiger partial charge in [0.2, 0.25) is 0 Å². The van der Waals surface area contributed by atoms with Gasteiger partial charge in [0.05, 0.1) is 31.0 Å². The Morgan fingerprint density at radius 3 is 2.16 bits per heavy atom. The van der Waals surface area contributed by atoms with Crippen molar-refractivity contribution in [2.24, 2.45) is 0 Å². The van der Waals surface area contributed by atoms with E-state index >= 15 is 0 Å². The van der Waals surface area contributed by atoms with Crippen LogP contribution in [0.3, 0.4) is 0 Å². The number of rotatable bonds is 6. The summed E-state index contributed by atoms with van der Waals surface area (Å²) in [6, 6.07) is 13.4. The largest absolute Gasteiger partial charge is 0.497 e. The summed E-state index contributed by atoms with van der Waals surface area (Å²) in [5.74, 6) is 0.877. The first-order valence-corrected chi connectivity index (χ1v) is 10.1. The van der Waals surface area contributed by atoms with Crippen LogP contribution in [0.2, 0.25) is 0 Å². The van der Waals surface area contributed by atoms with E-state index in [4.69, 9.17) is 14.2 Å². The third kappa shape index (κ3) is 5.36. The monoisotopic (exact) mass is 424 g/mol. The summed E-state index contributed by atoms with van der Waals surface area (Å²) >= 11 is 0. The van der Waals surface area contributed by atoms with Crippen molar-refractivity contribution in [2.45, 2.75) is 39.3 Å². The molecule has 2 N–H and O–H groups in total. The van der Waals surface area contributed by atoms with Gasteiger partial charge in [-0.1, -0.05) is 12.1 Å². The normalized spacial score (nSPS) is 16.3. The van der Waals surface area contributed by atoms with Gasteiger partial charge < -0.3 is 24.8 Å². The van der Waals surface area contributed by atoms with Crippen LogP contribution in [0.5, 0.6) is 11.5 Å². The van der Waals surface area contributed by atoms with Crippen LogP contribution in [0, 0.1) is 0 Å². The summed E-state index contributed by atoms with van der Waals surface area (Å²) in [7, 11) is 1.58. The van der Waals surface area contributed by atoms with E-state index in [0.29, 0.717) is 28.3 Å². The van der Waals surface area contributed by atoms with Gasteiger partial charge in [-0.2, -0.15) is 0 Å². The van der Waals surface area contributed by atoms with Crippen molar-refractivity contribution < 1.29 is 23.8 Å². The second-order valence-corrected chi connectivity index (χ2v) is 8.05. The lowest BCUT2D eigenvalue weighted by Crippen LogP contribution is -2.45. The summed E-state index contributed by atoms with van der Waals surface area (Å²) in [5, 5.41) is 5.60. The molecule has 0 bridgehead atoms. The molecule has 0 saturated heterocycles. The van der Waals surface area contributed by atoms with E-state index in [1.165, 1.54) is 0 Å². The number of carbonyl (C=O) groups is 2. The Morgan fingerprint density at radius 1 is 1.00 bits per heavy atom. The SMILES string of the molecule is CCOC(=O)C1=C(c2ccc(OC)cc2)NC(=O)NC1c1ccc(OC(C)(C)C)cc1. The van der Waals surface area contributed by atoms with E-state index in [1.54, 1.807) is 38.3 Å². The van der Waals surface area contributed by atoms with Crippen LogP contribution in [-0.4, -0.2) is 31.3 Å². The Kier molecular flexibility index (Phi) is 6.53. The summed E-state index contributed by atoms with van der Waals surface area (Å²) in [6.07, 6.45) is 0. The van der Waals surface area contributed by atoms with E-state index < -0.39 is 18.0 Å². The zero-order valence-electron chi connectivity index (χ0n) is 18.4. The van der Waals surface area contributed by atoms with Gasteiger partial charge in [-0.15, -0.1) is 0 Å². The molecule has 0 aliphatic carbocycles. The number of urea groups is 1. The van der Waals surface area contributed by atoms with Crippen LogP contribution in [0.15, 0.2) is 54.1 Å². The molecule has 0 spiro atoms. The van der Waals surface area contributed by atoms with Crippen molar-refractivity contribution in [1.29, 1.82) is 0 Å². The Labute approximate surface area is 182 Å². The maximum Gasteiger partial charge on any atom is 0.338 e. The number of methoxy groups -OCH3 is 1. The Hall–Kier alpha value is -3.48. The van der Waals surface area contributed by atoms with Crippen LogP contribution in [0.1, 0.15) is 44.9 Å². The molecule has 1 unspecified atom stereocenters. The topological polar surface area (TPSA) is 85.9 Å². The fourth-order valence-corrected chi connectivity index (χ4v) is 3.31. The van der Waals surface area contributed by atoms with Gasteiger partial charge in [-0.25, -0.2) is 9.59 Å². The smallest absolute Gasteiger partial charge is 0.338 e. The first-order chi connectivity index (χ1) is 14.7. The molecular formula is C24H28N2O5. The van der Waals surface area contributed by atoms with Crippen LogP contribution in [-0.2, 0) is 9.53 Å². The molecule has 164 valence electrons. The molecule has 0 fully saturated rings. The van der Waals surface area contributed by atoms with E-state index in [-0.39, 0.29) is 12.2 Å². The maximum absolute atomic E-state index is 12.9. The summed E-state index contributed by atoms with van der Waals surface area (Å²) in [5.41, 5.74) is 1.82. The van der Waals surface area contributed by atoms with Gasteiger partial charge in [-0.05, 0) is 75.2 Å². The average Bonchev–Trinajstić information content (AvgIpc) is 2.72. The number of nitrogens with one attached hydrogen (secondary N) is 2. The highest BCUT2D eigenvalue weighted by atomic mass is 16.5. The fraction of sp³-hybridized carbons (Fsp3) is 0.333. The molecule has 3 rings (SSSR count). The zero-order chi connectivity index (χ0) is 22.6. The molecule has 1 aliphatic heterocycles. The Balaban J connectivity index is 2.06. The molecule has 2 aromatic carbocycles. The van der Waals surface area contributed by atoms with E-state index in [9.17, 15) is 9.59 Å². The summed E-state index contributed by atoms with van der Waals surface area (Å²) in [6.45, 7) is 7.87. The highest BCUT2D eigenvalue weighted by molar-refractivity contribution is 6.04. The number of amides is 2. The Bertz CT molecular complexity index is 973. The highest BCUT2D eigenvalue weighted by Crippen LogP contribution is 2.33. The first kappa shape index (κ1) is 22.2. The number of hydrogen-bond acceptors (Lipinski definition) is 5. The highest BCUT2D eigenvalue weighted by Gasteiger charge is 2.34. The van der Waals surface area contributed by atoms with Crippen LogP contribution >= 0.6 is 0 Å². The number of benzene rings is 2. The standard InChI is InChI=1S/C24H28N2O5/c1-6-30-22(27)19-20(15-7-11-17(29-5)12-8-15)25-23(28)26-21(19)16-9-13-18(14-10-16)31-24(2,3)4/h7-14,21H,6H2,1-5H3,(H2,25,26,28). The lowest BCUT2D eigenvalue weighted by atomic mass is 9.92. The second-order valence-electron chi connectivity index (χ2n) is 8.05. The molecule has 31 heavy (non-hydrogen) atoms. The average molecular weight is 424 g/mol. The number of hydrogen-bond donors (Lipinski definition) is 2. The quantitative estimate of drug-likeness (QED) is 0.679. The van der Waals surface area contributed by atoms with Crippen molar-refractivity contribution in [1.82, 2.24) is 10.6 Å². The van der Waals surface area contributed by atoms with E-state index in [1.807, 2.05) is 45.0 Å². The van der Waals surface area contributed by atoms with Gasteiger partial charge in [0.15, 0.2) is 0 Å². The molecule has 1 aliphatic rings. The molecule has 2 amide bonds. The van der Waals surface area contributed by atoms with Crippen molar-refractivity contribution in [2.75, 3.05) is 13.7 Å². The lowest BCUT2D eigenvalue weighted by molar-refractivity contribution is -0.138. The third-order valence-electron chi connectivity index (χ3n) is 4.58. The third-order valence-corrected chi connectivity index (χ3v) is 4.58. The number of ether oxygens (including phenoxy) is 3. The molecule has 2 aromatic rings. The predicted octanol–water partition coefficient (Wildman–Crippen LogP) is 4.20. The fourth-order valence-electron chi connectivity index (χ4n) is 3.31. The molecule has 7 heteroatoms. The minimum absolute atomic E-state index is 0.219. The predicted molar refractivity (Wildman–Crippen MR) is 118 cm³/mol. The molecule has 0 radical (unpaired) electrons. The van der Waals surface area contributed by atoms with Gasteiger partial charge in [-0.3, -0.25) is 0 Å². The molecule has 0 aromatic heterocycles. The zero-order valence-corrected chi connectivity index (χ0v) is 18.4. The number of carbonyl (C=O) groups excluding carboxylic acids is 2. The minimum Gasteiger partial charge on any atom is -0.497 e. The minimum atomic E-state index is -0.673. The van der Waals surface area contributed by atoms with Gasteiger partial charge in [0.1, 0.15) is 17.1 Å².